The summed E-state index contributed by atoms with van der Waals surface area (Å²) in [5.41, 5.74) is 0.137. The van der Waals surface area contributed by atoms with Crippen LogP contribution in [0.3, 0.4) is 0 Å². The van der Waals surface area contributed by atoms with E-state index in [-0.39, 0.29) is 23.3 Å². The van der Waals surface area contributed by atoms with Gasteiger partial charge in [0.1, 0.15) is 5.75 Å². The molecule has 0 fully saturated rings. The van der Waals surface area contributed by atoms with Crippen LogP contribution in [0.25, 0.3) is 0 Å². The van der Waals surface area contributed by atoms with Crippen molar-refractivity contribution in [1.82, 2.24) is 0 Å². The Hall–Kier alpha value is -1.85. The summed E-state index contributed by atoms with van der Waals surface area (Å²) in [7, 11) is 0. The Balaban J connectivity index is 2.83. The van der Waals surface area contributed by atoms with Crippen LogP contribution in [-0.4, -0.2) is 32.0 Å². The molecule has 0 bridgehead atoms. The Bertz CT molecular complexity index is 556. The van der Waals surface area contributed by atoms with E-state index in [0.29, 0.717) is 12.8 Å². The summed E-state index contributed by atoms with van der Waals surface area (Å²) >= 11 is 0. The number of hydrogen-bond acceptors (Lipinski definition) is 4. The molecule has 5 nitrogen and oxygen atoms in total. The molecule has 2 atom stereocenters. The Kier molecular flexibility index (Phi) is 6.14. The van der Waals surface area contributed by atoms with E-state index in [9.17, 15) is 20.1 Å². The number of allylic oxidation sites excluding steroid dienone is 2. The number of phenolic OH excluding ortho intramolecular Hbond substituents is 1. The minimum atomic E-state index is -1.14. The van der Waals surface area contributed by atoms with Gasteiger partial charge in [-0.15, -0.1) is 0 Å². The van der Waals surface area contributed by atoms with Crippen molar-refractivity contribution in [2.75, 3.05) is 0 Å². The molecule has 0 heterocycles. The van der Waals surface area contributed by atoms with Gasteiger partial charge in [0, 0.05) is 12.0 Å². The largest absolute Gasteiger partial charge is 0.508 e. The highest BCUT2D eigenvalue weighted by Gasteiger charge is 2.26. The van der Waals surface area contributed by atoms with Gasteiger partial charge in [-0.05, 0) is 51.8 Å². The fraction of sp³-hybridized carbons (Fsp3) is 0.471. The smallest absolute Gasteiger partial charge is 0.335 e. The molecule has 1 rings (SSSR count). The standard InChI is InChI=1S/C17H24O5/c1-11(2)5-4-8-17(3,22)10-15(19)13-9-12(16(20)21)6-7-14(13)18/h5-7,9,15,18-19,22H,4,8,10H2,1-3H3,(H,20,21). The molecule has 0 saturated heterocycles. The fourth-order valence-electron chi connectivity index (χ4n) is 2.25. The molecule has 0 amide bonds. The van der Waals surface area contributed by atoms with Gasteiger partial charge >= 0.3 is 5.97 Å². The van der Waals surface area contributed by atoms with Crippen LogP contribution in [0.2, 0.25) is 0 Å². The quantitative estimate of drug-likeness (QED) is 0.580. The highest BCUT2D eigenvalue weighted by molar-refractivity contribution is 5.88. The average molecular weight is 308 g/mol. The zero-order valence-electron chi connectivity index (χ0n) is 13.2. The van der Waals surface area contributed by atoms with E-state index >= 15 is 0 Å². The van der Waals surface area contributed by atoms with Gasteiger partial charge in [-0.3, -0.25) is 0 Å². The first-order valence-corrected chi connectivity index (χ1v) is 7.22. The normalized spacial score (nSPS) is 15.0. The van der Waals surface area contributed by atoms with E-state index in [4.69, 9.17) is 5.11 Å². The summed E-state index contributed by atoms with van der Waals surface area (Å²) in [6.07, 6.45) is 2.03. The van der Waals surface area contributed by atoms with Gasteiger partial charge in [-0.2, -0.15) is 0 Å². The van der Waals surface area contributed by atoms with E-state index in [2.05, 4.69) is 0 Å². The molecule has 0 aliphatic carbocycles. The maximum absolute atomic E-state index is 11.0. The van der Waals surface area contributed by atoms with Gasteiger partial charge < -0.3 is 20.4 Å². The Morgan fingerprint density at radius 3 is 2.55 bits per heavy atom. The van der Waals surface area contributed by atoms with Crippen LogP contribution in [0.5, 0.6) is 5.75 Å². The topological polar surface area (TPSA) is 98.0 Å². The molecule has 1 aromatic carbocycles. The van der Waals surface area contributed by atoms with Crippen LogP contribution in [0.1, 0.15) is 62.1 Å². The van der Waals surface area contributed by atoms with Crippen LogP contribution < -0.4 is 0 Å². The first-order valence-electron chi connectivity index (χ1n) is 7.22. The highest BCUT2D eigenvalue weighted by Crippen LogP contribution is 2.32. The SMILES string of the molecule is CC(C)=CCCC(C)(O)CC(O)c1cc(C(=O)O)ccc1O. The number of carboxylic acid groups (broad SMARTS) is 1. The number of aliphatic hydroxyl groups excluding tert-OH is 1. The van der Waals surface area contributed by atoms with Crippen molar-refractivity contribution in [3.8, 4) is 5.75 Å². The molecule has 22 heavy (non-hydrogen) atoms. The average Bonchev–Trinajstić information content (AvgIpc) is 2.37. The summed E-state index contributed by atoms with van der Waals surface area (Å²) in [6, 6.07) is 3.73. The van der Waals surface area contributed by atoms with Gasteiger partial charge in [0.05, 0.1) is 17.3 Å². The lowest BCUT2D eigenvalue weighted by molar-refractivity contribution is -0.00308. The van der Waals surface area contributed by atoms with E-state index in [0.717, 1.165) is 5.57 Å². The molecule has 0 saturated carbocycles. The van der Waals surface area contributed by atoms with Gasteiger partial charge in [0.15, 0.2) is 0 Å². The molecule has 0 spiro atoms. The van der Waals surface area contributed by atoms with Crippen molar-refractivity contribution >= 4 is 5.97 Å². The van der Waals surface area contributed by atoms with Crippen molar-refractivity contribution in [2.24, 2.45) is 0 Å². The Morgan fingerprint density at radius 2 is 2.00 bits per heavy atom. The van der Waals surface area contributed by atoms with E-state index in [1.165, 1.54) is 18.2 Å². The Labute approximate surface area is 130 Å². The predicted octanol–water partition coefficient (Wildman–Crippen LogP) is 3.01. The monoisotopic (exact) mass is 308 g/mol. The molecule has 122 valence electrons. The molecule has 0 aromatic heterocycles. The third-order valence-electron chi connectivity index (χ3n) is 3.50. The molecule has 5 heteroatoms. The van der Waals surface area contributed by atoms with E-state index in [1.54, 1.807) is 6.92 Å². The van der Waals surface area contributed by atoms with Crippen molar-refractivity contribution in [1.29, 1.82) is 0 Å². The second-order valence-electron chi connectivity index (χ2n) is 6.12. The molecule has 0 aliphatic heterocycles. The summed E-state index contributed by atoms with van der Waals surface area (Å²) in [5, 5.41) is 39.3. The molecule has 0 aliphatic rings. The predicted molar refractivity (Wildman–Crippen MR) is 83.9 cm³/mol. The summed E-state index contributed by atoms with van der Waals surface area (Å²) in [5.74, 6) is -1.32. The number of benzene rings is 1. The van der Waals surface area contributed by atoms with Crippen LogP contribution in [-0.2, 0) is 0 Å². The molecular weight excluding hydrogens is 284 g/mol. The molecule has 0 radical (unpaired) electrons. The van der Waals surface area contributed by atoms with Gasteiger partial charge in [0.2, 0.25) is 0 Å². The number of aromatic carboxylic acids is 1. The number of aromatic hydroxyl groups is 1. The van der Waals surface area contributed by atoms with Gasteiger partial charge in [-0.1, -0.05) is 11.6 Å². The van der Waals surface area contributed by atoms with Crippen molar-refractivity contribution in [2.45, 2.75) is 51.7 Å². The lowest BCUT2D eigenvalue weighted by Crippen LogP contribution is -2.26. The first kappa shape index (κ1) is 18.2. The first-order chi connectivity index (χ1) is 10.1. The number of aliphatic hydroxyl groups is 2. The number of rotatable bonds is 7. The zero-order chi connectivity index (χ0) is 16.9. The van der Waals surface area contributed by atoms with Crippen molar-refractivity contribution in [3.05, 3.63) is 41.0 Å². The fourth-order valence-corrected chi connectivity index (χ4v) is 2.25. The van der Waals surface area contributed by atoms with Gasteiger partial charge in [-0.25, -0.2) is 4.79 Å². The summed E-state index contributed by atoms with van der Waals surface area (Å²) in [4.78, 5) is 11.0. The molecule has 4 N–H and O–H groups in total. The second-order valence-corrected chi connectivity index (χ2v) is 6.12. The summed E-state index contributed by atoms with van der Waals surface area (Å²) < 4.78 is 0. The lowest BCUT2D eigenvalue weighted by atomic mass is 9.89. The third-order valence-corrected chi connectivity index (χ3v) is 3.50. The van der Waals surface area contributed by atoms with Crippen LogP contribution >= 0.6 is 0 Å². The maximum Gasteiger partial charge on any atom is 0.335 e. The molecule has 2 unspecified atom stereocenters. The third kappa shape index (κ3) is 5.50. The second kappa shape index (κ2) is 7.42. The molecular formula is C17H24O5. The van der Waals surface area contributed by atoms with Crippen LogP contribution in [0.4, 0.5) is 0 Å². The highest BCUT2D eigenvalue weighted by atomic mass is 16.4. The van der Waals surface area contributed by atoms with Gasteiger partial charge in [0.25, 0.3) is 0 Å². The number of carbonyl (C=O) groups is 1. The molecule has 1 aromatic rings. The van der Waals surface area contributed by atoms with E-state index < -0.39 is 17.7 Å². The number of hydrogen-bond donors (Lipinski definition) is 4. The van der Waals surface area contributed by atoms with Crippen LogP contribution in [0.15, 0.2) is 29.8 Å². The number of phenols is 1. The maximum atomic E-state index is 11.0. The van der Waals surface area contributed by atoms with Crippen molar-refractivity contribution in [3.63, 3.8) is 0 Å². The Morgan fingerprint density at radius 1 is 1.36 bits per heavy atom. The summed E-state index contributed by atoms with van der Waals surface area (Å²) in [6.45, 7) is 5.56. The number of carboxylic acids is 1. The van der Waals surface area contributed by atoms with E-state index in [1.807, 2.05) is 19.9 Å². The zero-order valence-corrected chi connectivity index (χ0v) is 13.2. The minimum Gasteiger partial charge on any atom is -0.508 e. The van der Waals surface area contributed by atoms with Crippen molar-refractivity contribution < 1.29 is 25.2 Å². The minimum absolute atomic E-state index is 0.0141. The van der Waals surface area contributed by atoms with Crippen LogP contribution in [0, 0.1) is 0 Å². The lowest BCUT2D eigenvalue weighted by Gasteiger charge is -2.26.